The van der Waals surface area contributed by atoms with E-state index in [1.807, 2.05) is 39.3 Å². The average Bonchev–Trinajstić information content (AvgIpc) is 2.60. The van der Waals surface area contributed by atoms with Gasteiger partial charge in [0.2, 0.25) is 0 Å². The van der Waals surface area contributed by atoms with Gasteiger partial charge in [-0.2, -0.15) is 0 Å². The second-order valence-electron chi connectivity index (χ2n) is 6.45. The van der Waals surface area contributed by atoms with Crippen molar-refractivity contribution in [3.8, 4) is 0 Å². The van der Waals surface area contributed by atoms with Gasteiger partial charge in [0, 0.05) is 38.9 Å². The Morgan fingerprint density at radius 2 is 1.62 bits per heavy atom. The van der Waals surface area contributed by atoms with Crippen molar-refractivity contribution in [3.05, 3.63) is 65.7 Å². The number of amides is 1. The number of hydrogen-bond donors (Lipinski definition) is 1. The number of nitrogens with zero attached hydrogens (tertiary/aromatic N) is 2. The van der Waals surface area contributed by atoms with E-state index < -0.39 is 0 Å². The second-order valence-corrected chi connectivity index (χ2v) is 6.45. The third-order valence-electron chi connectivity index (χ3n) is 4.27. The summed E-state index contributed by atoms with van der Waals surface area (Å²) in [6.07, 6.45) is 0. The van der Waals surface area contributed by atoms with E-state index in [2.05, 4.69) is 53.5 Å². The monoisotopic (exact) mass is 326 g/mol. The van der Waals surface area contributed by atoms with Crippen molar-refractivity contribution >= 4 is 11.6 Å². The highest BCUT2D eigenvalue weighted by atomic mass is 16.2. The largest absolute Gasteiger partial charge is 0.378 e. The molecule has 24 heavy (non-hydrogen) atoms. The molecule has 2 N–H and O–H groups in total. The third kappa shape index (κ3) is 5.10. The third-order valence-corrected chi connectivity index (χ3v) is 4.27. The number of benzene rings is 2. The highest BCUT2D eigenvalue weighted by molar-refractivity contribution is 5.76. The summed E-state index contributed by atoms with van der Waals surface area (Å²) in [7, 11) is 5.91. The number of nitrogens with two attached hydrogens (primary N) is 1. The normalized spacial score (nSPS) is 11.8. The van der Waals surface area contributed by atoms with Crippen LogP contribution in [-0.2, 0) is 11.3 Å². The Hall–Kier alpha value is -2.33. The van der Waals surface area contributed by atoms with E-state index in [0.717, 1.165) is 11.3 Å². The quantitative estimate of drug-likeness (QED) is 0.846. The van der Waals surface area contributed by atoms with Gasteiger partial charge >= 0.3 is 0 Å². The number of hydrogen-bond acceptors (Lipinski definition) is 2. The Kier molecular flexibility index (Phi) is 6.38. The molecule has 4 nitrogen and oxygen atoms in total. The van der Waals surface area contributed by atoms with Gasteiger partial charge in [0.15, 0.2) is 6.54 Å². The maximum Gasteiger partial charge on any atom is 0.277 e. The molecular weight excluding hydrogens is 298 g/mol. The molecule has 0 saturated heterocycles. The second kappa shape index (κ2) is 8.50. The minimum absolute atomic E-state index is 0.148. The molecule has 0 aliphatic rings. The van der Waals surface area contributed by atoms with Gasteiger partial charge in [-0.1, -0.05) is 42.5 Å². The van der Waals surface area contributed by atoms with E-state index in [9.17, 15) is 4.79 Å². The lowest BCUT2D eigenvalue weighted by molar-refractivity contribution is -0.683. The van der Waals surface area contributed by atoms with Crippen LogP contribution in [0.25, 0.3) is 0 Å². The summed E-state index contributed by atoms with van der Waals surface area (Å²) in [4.78, 5) is 16.2. The van der Waals surface area contributed by atoms with Crippen LogP contribution in [-0.4, -0.2) is 38.5 Å². The summed E-state index contributed by atoms with van der Waals surface area (Å²) < 4.78 is 0. The van der Waals surface area contributed by atoms with Gasteiger partial charge in [0.25, 0.3) is 5.91 Å². The molecule has 2 rings (SSSR count). The van der Waals surface area contributed by atoms with Crippen molar-refractivity contribution in [2.24, 2.45) is 0 Å². The Morgan fingerprint density at radius 3 is 2.21 bits per heavy atom. The van der Waals surface area contributed by atoms with Crippen LogP contribution in [0.5, 0.6) is 0 Å². The molecule has 0 aliphatic carbocycles. The first-order valence-corrected chi connectivity index (χ1v) is 8.36. The van der Waals surface area contributed by atoms with Gasteiger partial charge in [-0.15, -0.1) is 0 Å². The summed E-state index contributed by atoms with van der Waals surface area (Å²) >= 11 is 0. The van der Waals surface area contributed by atoms with E-state index in [-0.39, 0.29) is 11.9 Å². The lowest BCUT2D eigenvalue weighted by Gasteiger charge is -2.19. The first kappa shape index (κ1) is 18.0. The van der Waals surface area contributed by atoms with Gasteiger partial charge in [-0.05, 0) is 24.6 Å². The Labute approximate surface area is 145 Å². The Balaban J connectivity index is 1.83. The fourth-order valence-electron chi connectivity index (χ4n) is 2.59. The molecule has 0 bridgehead atoms. The smallest absolute Gasteiger partial charge is 0.277 e. The molecule has 2 aromatic rings. The van der Waals surface area contributed by atoms with Crippen LogP contribution in [0.1, 0.15) is 24.1 Å². The fraction of sp³-hybridized carbons (Fsp3) is 0.350. The van der Waals surface area contributed by atoms with Gasteiger partial charge in [0.05, 0.1) is 0 Å². The van der Waals surface area contributed by atoms with E-state index in [4.69, 9.17) is 0 Å². The average molecular weight is 326 g/mol. The van der Waals surface area contributed by atoms with Crippen molar-refractivity contribution in [1.29, 1.82) is 0 Å². The highest BCUT2D eigenvalue weighted by Gasteiger charge is 2.14. The summed E-state index contributed by atoms with van der Waals surface area (Å²) in [5, 5.41) is 2.09. The number of anilines is 1. The zero-order valence-electron chi connectivity index (χ0n) is 15.1. The van der Waals surface area contributed by atoms with Crippen molar-refractivity contribution < 1.29 is 10.1 Å². The molecule has 0 unspecified atom stereocenters. The standard InChI is InChI=1S/C20H27N3O/c1-16(18-8-6-5-7-9-18)21-14-20(24)23(4)15-17-10-12-19(13-11-17)22(2)3/h5-13,16,21H,14-15H2,1-4H3/p+1/t16-/m0/s1. The molecule has 0 aromatic heterocycles. The lowest BCUT2D eigenvalue weighted by Crippen LogP contribution is -2.86. The first-order chi connectivity index (χ1) is 11.5. The van der Waals surface area contributed by atoms with Crippen LogP contribution in [0.4, 0.5) is 5.69 Å². The van der Waals surface area contributed by atoms with Crippen LogP contribution in [0.2, 0.25) is 0 Å². The molecule has 2 aromatic carbocycles. The summed E-state index contributed by atoms with van der Waals surface area (Å²) in [6.45, 7) is 3.23. The molecule has 0 spiro atoms. The molecule has 0 heterocycles. The number of quaternary nitrogens is 1. The minimum Gasteiger partial charge on any atom is -0.378 e. The Bertz CT molecular complexity index is 638. The van der Waals surface area contributed by atoms with Crippen molar-refractivity contribution in [2.75, 3.05) is 32.6 Å². The highest BCUT2D eigenvalue weighted by Crippen LogP contribution is 2.13. The SMILES string of the molecule is C[C@H]([NH2+]CC(=O)N(C)Cc1ccc(N(C)C)cc1)c1ccccc1. The Morgan fingerprint density at radius 1 is 1.00 bits per heavy atom. The molecule has 0 aliphatic heterocycles. The van der Waals surface area contributed by atoms with Crippen molar-refractivity contribution in [3.63, 3.8) is 0 Å². The predicted molar refractivity (Wildman–Crippen MR) is 98.9 cm³/mol. The first-order valence-electron chi connectivity index (χ1n) is 8.36. The van der Waals surface area contributed by atoms with Gasteiger partial charge in [-0.25, -0.2) is 0 Å². The zero-order valence-corrected chi connectivity index (χ0v) is 15.1. The number of carbonyl (C=O) groups is 1. The molecule has 128 valence electrons. The van der Waals surface area contributed by atoms with E-state index in [0.29, 0.717) is 13.1 Å². The molecule has 0 radical (unpaired) electrons. The van der Waals surface area contributed by atoms with E-state index >= 15 is 0 Å². The number of likely N-dealkylation sites (N-methyl/N-ethyl adjacent to an activating group) is 1. The van der Waals surface area contributed by atoms with Crippen LogP contribution < -0.4 is 10.2 Å². The van der Waals surface area contributed by atoms with Crippen LogP contribution in [0, 0.1) is 0 Å². The van der Waals surface area contributed by atoms with Gasteiger partial charge in [-0.3, -0.25) is 4.79 Å². The van der Waals surface area contributed by atoms with Gasteiger partial charge < -0.3 is 15.1 Å². The minimum atomic E-state index is 0.148. The summed E-state index contributed by atoms with van der Waals surface area (Å²) in [5.74, 6) is 0.148. The summed E-state index contributed by atoms with van der Waals surface area (Å²) in [5.41, 5.74) is 3.55. The van der Waals surface area contributed by atoms with Crippen molar-refractivity contribution in [1.82, 2.24) is 4.90 Å². The molecular formula is C20H28N3O+. The molecule has 1 atom stereocenters. The summed E-state index contributed by atoms with van der Waals surface area (Å²) in [6, 6.07) is 18.9. The maximum atomic E-state index is 12.3. The van der Waals surface area contributed by atoms with Gasteiger partial charge in [0.1, 0.15) is 6.04 Å². The number of rotatable bonds is 7. The fourth-order valence-corrected chi connectivity index (χ4v) is 2.59. The maximum absolute atomic E-state index is 12.3. The lowest BCUT2D eigenvalue weighted by atomic mass is 10.1. The molecule has 0 fully saturated rings. The topological polar surface area (TPSA) is 40.2 Å². The molecule has 1 amide bonds. The zero-order chi connectivity index (χ0) is 17.5. The predicted octanol–water partition coefficient (Wildman–Crippen LogP) is 2.04. The van der Waals surface area contributed by atoms with E-state index in [1.165, 1.54) is 5.56 Å². The number of carbonyl (C=O) groups excluding carboxylic acids is 1. The van der Waals surface area contributed by atoms with Crippen LogP contribution in [0.15, 0.2) is 54.6 Å². The van der Waals surface area contributed by atoms with Crippen LogP contribution >= 0.6 is 0 Å². The van der Waals surface area contributed by atoms with E-state index in [1.54, 1.807) is 4.90 Å². The van der Waals surface area contributed by atoms with Crippen LogP contribution in [0.3, 0.4) is 0 Å². The molecule has 4 heteroatoms. The van der Waals surface area contributed by atoms with Crippen molar-refractivity contribution in [2.45, 2.75) is 19.5 Å². The molecule has 0 saturated carbocycles.